The lowest BCUT2D eigenvalue weighted by Gasteiger charge is -2.09. The summed E-state index contributed by atoms with van der Waals surface area (Å²) in [6, 6.07) is 11.8. The van der Waals surface area contributed by atoms with E-state index in [2.05, 4.69) is 25.4 Å². The molecular weight excluding hydrogens is 318 g/mol. The van der Waals surface area contributed by atoms with Crippen LogP contribution in [0.1, 0.15) is 18.3 Å². The van der Waals surface area contributed by atoms with Crippen LogP contribution in [-0.2, 0) is 20.1 Å². The molecule has 0 bridgehead atoms. The highest BCUT2D eigenvalue weighted by Gasteiger charge is 2.14. The molecule has 25 heavy (non-hydrogen) atoms. The highest BCUT2D eigenvalue weighted by molar-refractivity contribution is 5.59. The van der Waals surface area contributed by atoms with Gasteiger partial charge in [-0.15, -0.1) is 15.3 Å². The lowest BCUT2D eigenvalue weighted by molar-refractivity contribution is 0.276. The maximum Gasteiger partial charge on any atom is 0.235 e. The second-order valence-electron chi connectivity index (χ2n) is 5.61. The highest BCUT2D eigenvalue weighted by atomic mass is 16.5. The van der Waals surface area contributed by atoms with Crippen molar-refractivity contribution in [2.24, 2.45) is 7.05 Å². The maximum atomic E-state index is 5.87. The van der Waals surface area contributed by atoms with Crippen LogP contribution in [0.2, 0.25) is 0 Å². The first-order chi connectivity index (χ1) is 12.2. The standard InChI is InChI=1S/C17H17N7O/c1-3-12-9-15-19-20-16(13-7-5-4-6-8-13)24(15)22-17(12)25-10-14-18-11-23(2)21-14/h4-9,11H,3,10H2,1-2H3. The smallest absolute Gasteiger partial charge is 0.235 e. The Morgan fingerprint density at radius 3 is 2.64 bits per heavy atom. The summed E-state index contributed by atoms with van der Waals surface area (Å²) < 4.78 is 9.22. The van der Waals surface area contributed by atoms with Gasteiger partial charge in [0, 0.05) is 18.2 Å². The third-order valence-electron chi connectivity index (χ3n) is 3.83. The van der Waals surface area contributed by atoms with E-state index in [1.165, 1.54) is 0 Å². The molecule has 0 saturated heterocycles. The number of hydrogen-bond donors (Lipinski definition) is 0. The second-order valence-corrected chi connectivity index (χ2v) is 5.61. The van der Waals surface area contributed by atoms with Crippen molar-refractivity contribution in [1.29, 1.82) is 0 Å². The lowest BCUT2D eigenvalue weighted by Crippen LogP contribution is -2.06. The van der Waals surface area contributed by atoms with Crippen molar-refractivity contribution in [3.8, 4) is 17.3 Å². The highest BCUT2D eigenvalue weighted by Crippen LogP contribution is 2.22. The molecule has 0 spiro atoms. The van der Waals surface area contributed by atoms with Crippen LogP contribution in [0.15, 0.2) is 42.7 Å². The molecule has 0 unspecified atom stereocenters. The van der Waals surface area contributed by atoms with Crippen LogP contribution >= 0.6 is 0 Å². The first kappa shape index (κ1) is 15.3. The Balaban J connectivity index is 1.72. The average molecular weight is 335 g/mol. The van der Waals surface area contributed by atoms with Crippen LogP contribution in [0.25, 0.3) is 17.0 Å². The third-order valence-corrected chi connectivity index (χ3v) is 3.83. The summed E-state index contributed by atoms with van der Waals surface area (Å²) in [5.74, 6) is 1.83. The topological polar surface area (TPSA) is 83.0 Å². The molecule has 1 aromatic carbocycles. The minimum absolute atomic E-state index is 0.259. The van der Waals surface area contributed by atoms with Gasteiger partial charge in [0.2, 0.25) is 5.88 Å². The number of fused-ring (bicyclic) bond motifs is 1. The normalized spacial score (nSPS) is 11.1. The van der Waals surface area contributed by atoms with E-state index in [0.29, 0.717) is 23.2 Å². The zero-order valence-corrected chi connectivity index (χ0v) is 14.0. The minimum atomic E-state index is 0.259. The molecule has 8 heteroatoms. The molecule has 0 N–H and O–H groups in total. The Labute approximate surface area is 144 Å². The lowest BCUT2D eigenvalue weighted by atomic mass is 10.2. The summed E-state index contributed by atoms with van der Waals surface area (Å²) in [5.41, 5.74) is 2.61. The number of rotatable bonds is 5. The van der Waals surface area contributed by atoms with Crippen molar-refractivity contribution in [2.45, 2.75) is 20.0 Å². The van der Waals surface area contributed by atoms with Crippen LogP contribution in [0.5, 0.6) is 5.88 Å². The molecule has 4 rings (SSSR count). The molecule has 0 saturated carbocycles. The van der Waals surface area contributed by atoms with E-state index in [1.807, 2.05) is 50.4 Å². The molecule has 0 atom stereocenters. The second kappa shape index (κ2) is 6.31. The van der Waals surface area contributed by atoms with Gasteiger partial charge in [-0.25, -0.2) is 4.98 Å². The van der Waals surface area contributed by atoms with Crippen molar-refractivity contribution in [2.75, 3.05) is 0 Å². The number of benzene rings is 1. The summed E-state index contributed by atoms with van der Waals surface area (Å²) in [5, 5.41) is 17.3. The van der Waals surface area contributed by atoms with Gasteiger partial charge in [-0.1, -0.05) is 37.3 Å². The van der Waals surface area contributed by atoms with Crippen LogP contribution in [-0.4, -0.2) is 34.6 Å². The van der Waals surface area contributed by atoms with Crippen LogP contribution < -0.4 is 4.74 Å². The van der Waals surface area contributed by atoms with E-state index in [-0.39, 0.29) is 6.61 Å². The van der Waals surface area contributed by atoms with Crippen molar-refractivity contribution in [3.63, 3.8) is 0 Å². The van der Waals surface area contributed by atoms with Gasteiger partial charge in [-0.3, -0.25) is 4.68 Å². The summed E-state index contributed by atoms with van der Waals surface area (Å²) in [4.78, 5) is 4.17. The van der Waals surface area contributed by atoms with E-state index in [1.54, 1.807) is 15.5 Å². The largest absolute Gasteiger partial charge is 0.468 e. The third kappa shape index (κ3) is 2.93. The minimum Gasteiger partial charge on any atom is -0.468 e. The average Bonchev–Trinajstić information content (AvgIpc) is 3.25. The van der Waals surface area contributed by atoms with Crippen LogP contribution in [0.3, 0.4) is 0 Å². The molecule has 0 radical (unpaired) electrons. The molecule has 126 valence electrons. The molecule has 0 aliphatic rings. The van der Waals surface area contributed by atoms with Crippen LogP contribution in [0.4, 0.5) is 0 Å². The van der Waals surface area contributed by atoms with E-state index >= 15 is 0 Å². The first-order valence-corrected chi connectivity index (χ1v) is 8.02. The van der Waals surface area contributed by atoms with E-state index in [4.69, 9.17) is 4.74 Å². The fraction of sp³-hybridized carbons (Fsp3) is 0.235. The fourth-order valence-electron chi connectivity index (χ4n) is 2.58. The molecule has 3 heterocycles. The Kier molecular flexibility index (Phi) is 3.85. The molecule has 0 aliphatic carbocycles. The Morgan fingerprint density at radius 2 is 1.92 bits per heavy atom. The molecule has 0 amide bonds. The quantitative estimate of drug-likeness (QED) is 0.555. The van der Waals surface area contributed by atoms with Crippen molar-refractivity contribution >= 4 is 5.65 Å². The maximum absolute atomic E-state index is 5.87. The molecule has 8 nitrogen and oxygen atoms in total. The van der Waals surface area contributed by atoms with Gasteiger partial charge < -0.3 is 4.74 Å². The monoisotopic (exact) mass is 335 g/mol. The van der Waals surface area contributed by atoms with Crippen molar-refractivity contribution < 1.29 is 4.74 Å². The number of hydrogen-bond acceptors (Lipinski definition) is 6. The van der Waals surface area contributed by atoms with Gasteiger partial charge in [0.1, 0.15) is 6.33 Å². The van der Waals surface area contributed by atoms with Crippen molar-refractivity contribution in [1.82, 2.24) is 34.6 Å². The predicted molar refractivity (Wildman–Crippen MR) is 90.9 cm³/mol. The molecular formula is C17H17N7O. The van der Waals surface area contributed by atoms with Gasteiger partial charge in [0.25, 0.3) is 0 Å². The summed E-state index contributed by atoms with van der Waals surface area (Å²) in [6.45, 7) is 2.31. The van der Waals surface area contributed by atoms with Crippen LogP contribution in [0, 0.1) is 0 Å². The Morgan fingerprint density at radius 1 is 1.08 bits per heavy atom. The number of ether oxygens (including phenoxy) is 1. The summed E-state index contributed by atoms with van der Waals surface area (Å²) in [7, 11) is 1.82. The van der Waals surface area contributed by atoms with E-state index in [9.17, 15) is 0 Å². The van der Waals surface area contributed by atoms with Gasteiger partial charge in [-0.05, 0) is 12.5 Å². The van der Waals surface area contributed by atoms with E-state index < -0.39 is 0 Å². The molecule has 4 aromatic rings. The predicted octanol–water partition coefficient (Wildman–Crippen LogP) is 2.06. The van der Waals surface area contributed by atoms with Gasteiger partial charge in [-0.2, -0.15) is 9.61 Å². The summed E-state index contributed by atoms with van der Waals surface area (Å²) >= 11 is 0. The molecule has 0 fully saturated rings. The molecule has 0 aliphatic heterocycles. The number of aromatic nitrogens is 7. The Bertz CT molecular complexity index is 1010. The zero-order chi connectivity index (χ0) is 17.2. The Hall–Kier alpha value is -3.29. The van der Waals surface area contributed by atoms with Gasteiger partial charge >= 0.3 is 0 Å². The number of aryl methyl sites for hydroxylation is 2. The summed E-state index contributed by atoms with van der Waals surface area (Å²) in [6.07, 6.45) is 2.42. The fourth-order valence-corrected chi connectivity index (χ4v) is 2.58. The van der Waals surface area contributed by atoms with Gasteiger partial charge in [0.05, 0.1) is 0 Å². The SMILES string of the molecule is CCc1cc2nnc(-c3ccccc3)n2nc1OCc1ncn(C)n1. The van der Waals surface area contributed by atoms with Crippen molar-refractivity contribution in [3.05, 3.63) is 54.1 Å². The van der Waals surface area contributed by atoms with E-state index in [0.717, 1.165) is 17.5 Å². The number of nitrogens with zero attached hydrogens (tertiary/aromatic N) is 7. The molecule has 3 aromatic heterocycles. The zero-order valence-electron chi connectivity index (χ0n) is 14.0. The van der Waals surface area contributed by atoms with Gasteiger partial charge in [0.15, 0.2) is 23.9 Å². The first-order valence-electron chi connectivity index (χ1n) is 8.02.